The van der Waals surface area contributed by atoms with Gasteiger partial charge < -0.3 is 4.74 Å². The maximum absolute atomic E-state index is 8.58. The van der Waals surface area contributed by atoms with Gasteiger partial charge in [0, 0.05) is 0 Å². The van der Waals surface area contributed by atoms with Crippen LogP contribution < -0.4 is 4.74 Å². The van der Waals surface area contributed by atoms with Crippen molar-refractivity contribution in [2.75, 3.05) is 7.11 Å². The third-order valence-electron chi connectivity index (χ3n) is 1.08. The van der Waals surface area contributed by atoms with E-state index in [1.807, 2.05) is 6.07 Å². The quantitative estimate of drug-likeness (QED) is 0.711. The molecule has 0 spiro atoms. The Balaban J connectivity index is 3.31. The van der Waals surface area contributed by atoms with Gasteiger partial charge in [-0.3, -0.25) is 0 Å². The number of ether oxygens (including phenoxy) is 1. The normalized spacial score (nSPS) is 9.17. The first-order valence-electron chi connectivity index (χ1n) is 2.86. The molecular weight excluding hydrogens is 245 g/mol. The van der Waals surface area contributed by atoms with Gasteiger partial charge in [-0.05, 0) is 15.9 Å². The Labute approximate surface area is 82.3 Å². The van der Waals surface area contributed by atoms with Crippen LogP contribution in [0.4, 0.5) is 0 Å². The third kappa shape index (κ3) is 1.65. The zero-order valence-corrected chi connectivity index (χ0v) is 8.35. The highest BCUT2D eigenvalue weighted by atomic mass is 79.9. The number of nitrogens with zero attached hydrogens (tertiary/aromatic N) is 3. The molecule has 6 heteroatoms. The summed E-state index contributed by atoms with van der Waals surface area (Å²) in [5.74, 6) is 0. The van der Waals surface area contributed by atoms with Crippen molar-refractivity contribution in [2.45, 2.75) is 0 Å². The van der Waals surface area contributed by atoms with Crippen LogP contribution in [0.2, 0.25) is 5.15 Å². The first kappa shape index (κ1) is 9.23. The zero-order valence-electron chi connectivity index (χ0n) is 6.01. The first-order valence-corrected chi connectivity index (χ1v) is 4.03. The highest BCUT2D eigenvalue weighted by Crippen LogP contribution is 2.24. The molecule has 0 atom stereocenters. The van der Waals surface area contributed by atoms with E-state index < -0.39 is 0 Å². The molecule has 0 fully saturated rings. The summed E-state index contributed by atoms with van der Waals surface area (Å²) in [5, 5.41) is 8.74. The lowest BCUT2D eigenvalue weighted by Gasteiger charge is -2.00. The van der Waals surface area contributed by atoms with E-state index in [9.17, 15) is 0 Å². The van der Waals surface area contributed by atoms with Gasteiger partial charge >= 0.3 is 6.01 Å². The molecule has 0 amide bonds. The summed E-state index contributed by atoms with van der Waals surface area (Å²) < 4.78 is 5.10. The minimum atomic E-state index is 0.0831. The topological polar surface area (TPSA) is 58.8 Å². The van der Waals surface area contributed by atoms with Crippen molar-refractivity contribution < 1.29 is 4.74 Å². The molecule has 1 rings (SSSR count). The minimum Gasteiger partial charge on any atom is -0.467 e. The SMILES string of the molecule is COc1nc(Cl)c(Br)c(C#N)n1. The van der Waals surface area contributed by atoms with E-state index in [4.69, 9.17) is 21.6 Å². The van der Waals surface area contributed by atoms with Crippen LogP contribution in [0.25, 0.3) is 0 Å². The number of hydrogen-bond donors (Lipinski definition) is 0. The first-order chi connectivity index (χ1) is 5.69. The summed E-state index contributed by atoms with van der Waals surface area (Å²) in [6.07, 6.45) is 0. The molecule has 1 aromatic rings. The predicted octanol–water partition coefficient (Wildman–Crippen LogP) is 1.77. The van der Waals surface area contributed by atoms with Crippen LogP contribution >= 0.6 is 27.5 Å². The Morgan fingerprint density at radius 1 is 1.58 bits per heavy atom. The standard InChI is InChI=1S/C6H3BrClN3O/c1-12-6-10-3(2-9)4(7)5(8)11-6/h1H3. The van der Waals surface area contributed by atoms with Crippen molar-refractivity contribution >= 4 is 27.5 Å². The average Bonchev–Trinajstić information content (AvgIpc) is 2.09. The van der Waals surface area contributed by atoms with Gasteiger partial charge in [-0.2, -0.15) is 15.2 Å². The zero-order chi connectivity index (χ0) is 9.14. The number of halogens is 2. The summed E-state index contributed by atoms with van der Waals surface area (Å²) in [6, 6.07) is 1.93. The summed E-state index contributed by atoms with van der Waals surface area (Å²) in [7, 11) is 1.40. The Morgan fingerprint density at radius 2 is 2.25 bits per heavy atom. The predicted molar refractivity (Wildman–Crippen MR) is 46.0 cm³/mol. The molecule has 0 aliphatic heterocycles. The fourth-order valence-corrected chi connectivity index (χ4v) is 0.994. The van der Waals surface area contributed by atoms with Crippen LogP contribution in [-0.2, 0) is 0 Å². The smallest absolute Gasteiger partial charge is 0.318 e. The lowest BCUT2D eigenvalue weighted by molar-refractivity contribution is 0.379. The Bertz CT molecular complexity index is 349. The molecule has 12 heavy (non-hydrogen) atoms. The molecule has 0 unspecified atom stereocenters. The number of aromatic nitrogens is 2. The fraction of sp³-hybridized carbons (Fsp3) is 0.167. The molecule has 0 saturated heterocycles. The van der Waals surface area contributed by atoms with Crippen molar-refractivity contribution in [1.29, 1.82) is 5.26 Å². The molecule has 1 aromatic heterocycles. The van der Waals surface area contributed by atoms with E-state index >= 15 is 0 Å². The van der Waals surface area contributed by atoms with E-state index in [0.717, 1.165) is 0 Å². The van der Waals surface area contributed by atoms with E-state index in [1.54, 1.807) is 0 Å². The van der Waals surface area contributed by atoms with Gasteiger partial charge in [0.2, 0.25) is 0 Å². The van der Waals surface area contributed by atoms with Crippen molar-refractivity contribution in [3.8, 4) is 12.1 Å². The average molecular weight is 248 g/mol. The molecule has 0 aromatic carbocycles. The summed E-state index contributed by atoms with van der Waals surface area (Å²) in [4.78, 5) is 7.48. The molecule has 62 valence electrons. The molecule has 0 N–H and O–H groups in total. The van der Waals surface area contributed by atoms with Gasteiger partial charge in [0.05, 0.1) is 11.6 Å². The maximum Gasteiger partial charge on any atom is 0.318 e. The summed E-state index contributed by atoms with van der Waals surface area (Å²) in [5.41, 5.74) is 0.159. The third-order valence-corrected chi connectivity index (χ3v) is 2.33. The highest BCUT2D eigenvalue weighted by molar-refractivity contribution is 9.10. The van der Waals surface area contributed by atoms with Crippen molar-refractivity contribution in [1.82, 2.24) is 9.97 Å². The number of rotatable bonds is 1. The highest BCUT2D eigenvalue weighted by Gasteiger charge is 2.09. The molecule has 0 aliphatic carbocycles. The Kier molecular flexibility index (Phi) is 2.84. The second-order valence-corrected chi connectivity index (χ2v) is 2.93. The molecule has 4 nitrogen and oxygen atoms in total. The fourth-order valence-electron chi connectivity index (χ4n) is 0.566. The second kappa shape index (κ2) is 3.70. The monoisotopic (exact) mass is 247 g/mol. The van der Waals surface area contributed by atoms with E-state index in [2.05, 4.69) is 25.9 Å². The van der Waals surface area contributed by atoms with Crippen LogP contribution in [0, 0.1) is 11.3 Å². The molecule has 0 radical (unpaired) electrons. The molecular formula is C6H3BrClN3O. The van der Waals surface area contributed by atoms with Crippen molar-refractivity contribution in [3.05, 3.63) is 15.3 Å². The molecule has 0 aliphatic rings. The van der Waals surface area contributed by atoms with Gasteiger partial charge in [0.1, 0.15) is 6.07 Å². The van der Waals surface area contributed by atoms with Gasteiger partial charge in [-0.1, -0.05) is 11.6 Å². The van der Waals surface area contributed by atoms with E-state index in [1.165, 1.54) is 7.11 Å². The van der Waals surface area contributed by atoms with Gasteiger partial charge in [-0.25, -0.2) is 0 Å². The van der Waals surface area contributed by atoms with Crippen LogP contribution in [0.3, 0.4) is 0 Å². The van der Waals surface area contributed by atoms with Gasteiger partial charge in [0.15, 0.2) is 10.8 Å². The van der Waals surface area contributed by atoms with Crippen LogP contribution in [0.15, 0.2) is 4.47 Å². The Morgan fingerprint density at radius 3 is 2.75 bits per heavy atom. The maximum atomic E-state index is 8.58. The summed E-state index contributed by atoms with van der Waals surface area (Å²) in [6.45, 7) is 0. The lowest BCUT2D eigenvalue weighted by atomic mass is 10.4. The number of hydrogen-bond acceptors (Lipinski definition) is 4. The molecule has 0 saturated carbocycles. The van der Waals surface area contributed by atoms with Crippen LogP contribution in [0.5, 0.6) is 6.01 Å². The summed E-state index contributed by atoms with van der Waals surface area (Å²) >= 11 is 8.72. The van der Waals surface area contributed by atoms with Crippen molar-refractivity contribution in [2.24, 2.45) is 0 Å². The minimum absolute atomic E-state index is 0.0831. The van der Waals surface area contributed by atoms with E-state index in [0.29, 0.717) is 4.47 Å². The lowest BCUT2D eigenvalue weighted by Crippen LogP contribution is -1.96. The van der Waals surface area contributed by atoms with Crippen LogP contribution in [0.1, 0.15) is 5.69 Å². The van der Waals surface area contributed by atoms with Gasteiger partial charge in [-0.15, -0.1) is 0 Å². The van der Waals surface area contributed by atoms with Crippen molar-refractivity contribution in [3.63, 3.8) is 0 Å². The number of methoxy groups -OCH3 is 1. The second-order valence-electron chi connectivity index (χ2n) is 1.78. The molecule has 1 heterocycles. The largest absolute Gasteiger partial charge is 0.467 e. The molecule has 0 bridgehead atoms. The van der Waals surface area contributed by atoms with Gasteiger partial charge in [0.25, 0.3) is 0 Å². The number of nitriles is 1. The Hall–Kier alpha value is -0.860. The van der Waals surface area contributed by atoms with Crippen LogP contribution in [-0.4, -0.2) is 17.1 Å². The van der Waals surface area contributed by atoms with E-state index in [-0.39, 0.29) is 16.9 Å².